The van der Waals surface area contributed by atoms with Gasteiger partial charge in [0.1, 0.15) is 12.2 Å². The topological polar surface area (TPSA) is 122 Å². The fourth-order valence-corrected chi connectivity index (χ4v) is 2.56. The van der Waals surface area contributed by atoms with Crippen molar-refractivity contribution >= 4 is 29.3 Å². The number of carbonyl (C=O) groups excluding carboxylic acids is 1. The molecule has 8 nitrogen and oxygen atoms in total. The number of nitrogens with one attached hydrogen (secondary N) is 1. The van der Waals surface area contributed by atoms with Crippen LogP contribution in [-0.2, 0) is 9.59 Å². The number of carboxylic acid groups (broad SMARTS) is 1. The van der Waals surface area contributed by atoms with E-state index in [1.54, 1.807) is 0 Å². The molecule has 0 radical (unpaired) electrons. The Balaban J connectivity index is 2.40. The van der Waals surface area contributed by atoms with Gasteiger partial charge in [-0.05, 0) is 18.4 Å². The van der Waals surface area contributed by atoms with Gasteiger partial charge in [0.25, 0.3) is 5.69 Å². The summed E-state index contributed by atoms with van der Waals surface area (Å²) < 4.78 is 0. The molecule has 1 aromatic heterocycles. The van der Waals surface area contributed by atoms with Gasteiger partial charge in [-0.3, -0.25) is 14.9 Å². The third-order valence-corrected chi connectivity index (χ3v) is 3.80. The molecule has 0 saturated carbocycles. The summed E-state index contributed by atoms with van der Waals surface area (Å²) in [4.78, 5) is 36.7. The number of amides is 1. The minimum Gasteiger partial charge on any atom is -0.480 e. The van der Waals surface area contributed by atoms with Gasteiger partial charge in [-0.15, -0.1) is 11.8 Å². The molecule has 0 aliphatic carbocycles. The minimum absolute atomic E-state index is 0.0925. The summed E-state index contributed by atoms with van der Waals surface area (Å²) in [6.07, 6.45) is 1.68. The Bertz CT molecular complexity index is 562. The van der Waals surface area contributed by atoms with Crippen molar-refractivity contribution in [3.05, 3.63) is 28.4 Å². The van der Waals surface area contributed by atoms with E-state index in [1.165, 1.54) is 23.9 Å². The van der Waals surface area contributed by atoms with E-state index < -0.39 is 16.9 Å². The van der Waals surface area contributed by atoms with Gasteiger partial charge in [-0.25, -0.2) is 9.78 Å². The highest BCUT2D eigenvalue weighted by Crippen LogP contribution is 2.18. The van der Waals surface area contributed by atoms with Crippen molar-refractivity contribution in [3.63, 3.8) is 0 Å². The van der Waals surface area contributed by atoms with E-state index in [-0.39, 0.29) is 23.9 Å². The van der Waals surface area contributed by atoms with Crippen LogP contribution in [-0.4, -0.2) is 38.7 Å². The number of nitro groups is 1. The summed E-state index contributed by atoms with van der Waals surface area (Å²) in [7, 11) is 0. The van der Waals surface area contributed by atoms with Gasteiger partial charge in [-0.2, -0.15) is 0 Å². The lowest BCUT2D eigenvalue weighted by molar-refractivity contribution is -0.385. The zero-order chi connectivity index (χ0) is 17.4. The molecular weight excluding hydrogens is 322 g/mol. The van der Waals surface area contributed by atoms with Gasteiger partial charge in [0, 0.05) is 18.2 Å². The molecule has 23 heavy (non-hydrogen) atoms. The highest BCUT2D eigenvalue weighted by atomic mass is 32.2. The molecule has 1 aromatic rings. The molecular formula is C14H19N3O5S. The third-order valence-electron chi connectivity index (χ3n) is 2.85. The molecule has 1 heterocycles. The zero-order valence-corrected chi connectivity index (χ0v) is 13.7. The summed E-state index contributed by atoms with van der Waals surface area (Å²) in [5, 5.41) is 22.6. The van der Waals surface area contributed by atoms with E-state index in [0.29, 0.717) is 17.2 Å². The second kappa shape index (κ2) is 9.09. The summed E-state index contributed by atoms with van der Waals surface area (Å²) in [6, 6.07) is 1.97. The predicted molar refractivity (Wildman–Crippen MR) is 85.3 cm³/mol. The number of hydrogen-bond donors (Lipinski definition) is 2. The van der Waals surface area contributed by atoms with Gasteiger partial charge >= 0.3 is 5.97 Å². The molecule has 1 rings (SSSR count). The number of nitrogens with zero attached hydrogens (tertiary/aromatic N) is 2. The second-order valence-electron chi connectivity index (χ2n) is 5.30. The molecule has 0 aliphatic heterocycles. The zero-order valence-electron chi connectivity index (χ0n) is 12.9. The number of aromatic nitrogens is 1. The van der Waals surface area contributed by atoms with Gasteiger partial charge in [0.05, 0.1) is 9.95 Å². The van der Waals surface area contributed by atoms with Gasteiger partial charge < -0.3 is 10.4 Å². The van der Waals surface area contributed by atoms with Crippen LogP contribution in [0.25, 0.3) is 0 Å². The number of carbonyl (C=O) groups is 2. The second-order valence-corrected chi connectivity index (χ2v) is 6.41. The Hall–Kier alpha value is -2.16. The van der Waals surface area contributed by atoms with Gasteiger partial charge in [-0.1, -0.05) is 13.8 Å². The fourth-order valence-electron chi connectivity index (χ4n) is 1.77. The average molecular weight is 341 g/mol. The van der Waals surface area contributed by atoms with E-state index in [4.69, 9.17) is 5.11 Å². The smallest absolute Gasteiger partial charge is 0.326 e. The van der Waals surface area contributed by atoms with Crippen LogP contribution < -0.4 is 5.32 Å². The summed E-state index contributed by atoms with van der Waals surface area (Å²) >= 11 is 1.28. The first-order valence-electron chi connectivity index (χ1n) is 7.05. The quantitative estimate of drug-likeness (QED) is 0.400. The maximum absolute atomic E-state index is 11.8. The summed E-state index contributed by atoms with van der Waals surface area (Å²) in [6.45, 7) is 3.77. The van der Waals surface area contributed by atoms with Crippen LogP contribution in [0.4, 0.5) is 5.69 Å². The first-order chi connectivity index (χ1) is 10.8. The Morgan fingerprint density at radius 2 is 2.13 bits per heavy atom. The van der Waals surface area contributed by atoms with Crippen LogP contribution in [0.15, 0.2) is 23.4 Å². The van der Waals surface area contributed by atoms with Crippen LogP contribution >= 0.6 is 11.8 Å². The van der Waals surface area contributed by atoms with Crippen LogP contribution in [0.3, 0.4) is 0 Å². The molecule has 1 atom stereocenters. The van der Waals surface area contributed by atoms with Gasteiger partial charge in [0.15, 0.2) is 0 Å². The number of aliphatic carboxylic acids is 1. The molecule has 0 spiro atoms. The molecule has 0 saturated heterocycles. The minimum atomic E-state index is -1.04. The van der Waals surface area contributed by atoms with Crippen LogP contribution in [0, 0.1) is 16.0 Å². The molecule has 0 aliphatic rings. The van der Waals surface area contributed by atoms with Gasteiger partial charge in [0.2, 0.25) is 5.91 Å². The molecule has 1 amide bonds. The maximum Gasteiger partial charge on any atom is 0.326 e. The van der Waals surface area contributed by atoms with Crippen LogP contribution in [0.1, 0.15) is 26.7 Å². The van der Waals surface area contributed by atoms with E-state index in [9.17, 15) is 19.7 Å². The van der Waals surface area contributed by atoms with E-state index >= 15 is 0 Å². The van der Waals surface area contributed by atoms with Crippen molar-refractivity contribution in [2.75, 3.05) is 5.75 Å². The lowest BCUT2D eigenvalue weighted by atomic mass is 10.0. The average Bonchev–Trinajstić information content (AvgIpc) is 2.46. The summed E-state index contributed by atoms with van der Waals surface area (Å²) in [5.41, 5.74) is -0.0925. The first-order valence-corrected chi connectivity index (χ1v) is 8.03. The normalized spacial score (nSPS) is 12.0. The van der Waals surface area contributed by atoms with Crippen LogP contribution in [0.2, 0.25) is 0 Å². The van der Waals surface area contributed by atoms with Crippen molar-refractivity contribution in [2.45, 2.75) is 37.8 Å². The molecule has 1 unspecified atom stereocenters. The fraction of sp³-hybridized carbons (Fsp3) is 0.500. The van der Waals surface area contributed by atoms with Crippen molar-refractivity contribution in [1.29, 1.82) is 0 Å². The highest BCUT2D eigenvalue weighted by molar-refractivity contribution is 7.99. The van der Waals surface area contributed by atoms with Crippen molar-refractivity contribution in [3.8, 4) is 0 Å². The predicted octanol–water partition coefficient (Wildman–Crippen LogP) is 2.09. The number of thioether (sulfide) groups is 1. The molecule has 126 valence electrons. The Morgan fingerprint density at radius 3 is 2.61 bits per heavy atom. The van der Waals surface area contributed by atoms with Crippen molar-refractivity contribution in [1.82, 2.24) is 10.3 Å². The molecule has 9 heteroatoms. The number of rotatable bonds is 9. The van der Waals surface area contributed by atoms with E-state index in [2.05, 4.69) is 10.3 Å². The third kappa shape index (κ3) is 7.09. The lowest BCUT2D eigenvalue weighted by Gasteiger charge is -2.16. The molecule has 0 aromatic carbocycles. The molecule has 0 bridgehead atoms. The highest BCUT2D eigenvalue weighted by Gasteiger charge is 2.20. The summed E-state index contributed by atoms with van der Waals surface area (Å²) in [5.74, 6) is -0.815. The standard InChI is InChI=1S/C14H19N3O5S/c1-9(2)7-11(14(19)20)16-12(18)5-6-23-13-4-3-10(8-15-13)17(21)22/h3-4,8-9,11H,5-7H2,1-2H3,(H,16,18)(H,19,20). The lowest BCUT2D eigenvalue weighted by Crippen LogP contribution is -2.41. The molecule has 2 N–H and O–H groups in total. The van der Waals surface area contributed by atoms with Crippen molar-refractivity contribution < 1.29 is 19.6 Å². The Morgan fingerprint density at radius 1 is 1.43 bits per heavy atom. The Kier molecular flexibility index (Phi) is 7.46. The van der Waals surface area contributed by atoms with Crippen molar-refractivity contribution in [2.24, 2.45) is 5.92 Å². The number of pyridine rings is 1. The van der Waals surface area contributed by atoms with Crippen LogP contribution in [0.5, 0.6) is 0 Å². The van der Waals surface area contributed by atoms with E-state index in [0.717, 1.165) is 6.20 Å². The molecule has 0 fully saturated rings. The largest absolute Gasteiger partial charge is 0.480 e. The maximum atomic E-state index is 11.8. The SMILES string of the molecule is CC(C)CC(NC(=O)CCSc1ccc([N+](=O)[O-])cn1)C(=O)O. The van der Waals surface area contributed by atoms with E-state index in [1.807, 2.05) is 13.8 Å². The number of carboxylic acids is 1. The Labute approximate surface area is 137 Å². The first kappa shape index (κ1) is 18.9. The monoisotopic (exact) mass is 341 g/mol. The number of hydrogen-bond acceptors (Lipinski definition) is 6.